The topological polar surface area (TPSA) is 60.4 Å². The highest BCUT2D eigenvalue weighted by Crippen LogP contribution is 2.24. The van der Waals surface area contributed by atoms with Gasteiger partial charge in [-0.25, -0.2) is 8.42 Å². The van der Waals surface area contributed by atoms with Crippen molar-refractivity contribution >= 4 is 15.8 Å². The van der Waals surface area contributed by atoms with E-state index >= 15 is 0 Å². The van der Waals surface area contributed by atoms with Crippen molar-refractivity contribution in [1.29, 1.82) is 0 Å². The van der Waals surface area contributed by atoms with E-state index in [-0.39, 0.29) is 13.0 Å². The second-order valence-corrected chi connectivity index (χ2v) is 6.00. The highest BCUT2D eigenvalue weighted by molar-refractivity contribution is 7.92. The van der Waals surface area contributed by atoms with Crippen LogP contribution in [0.15, 0.2) is 12.7 Å². The Morgan fingerprint density at radius 1 is 1.53 bits per heavy atom. The van der Waals surface area contributed by atoms with Crippen LogP contribution in [0.1, 0.15) is 26.7 Å². The molecular weight excluding hydrogens is 216 g/mol. The lowest BCUT2D eigenvalue weighted by atomic mass is 10.1. The number of hydrogen-bond donors (Lipinski definition) is 0. The highest BCUT2D eigenvalue weighted by Gasteiger charge is 2.44. The predicted molar refractivity (Wildman–Crippen MR) is 59.3 cm³/mol. The highest BCUT2D eigenvalue weighted by atomic mass is 32.2. The number of hydrogen-bond acceptors (Lipinski definition) is 4. The minimum Gasteiger partial charge on any atom is -0.465 e. The van der Waals surface area contributed by atoms with E-state index in [1.165, 1.54) is 6.92 Å². The predicted octanol–water partition coefficient (Wildman–Crippen LogP) is 1.32. The molecule has 15 heavy (non-hydrogen) atoms. The number of allylic oxidation sites excluding steroid dienone is 1. The summed E-state index contributed by atoms with van der Waals surface area (Å²) >= 11 is 0. The van der Waals surface area contributed by atoms with Crippen LogP contribution < -0.4 is 0 Å². The molecule has 0 bridgehead atoms. The van der Waals surface area contributed by atoms with E-state index in [1.54, 1.807) is 13.0 Å². The van der Waals surface area contributed by atoms with Crippen LogP contribution in [0.25, 0.3) is 0 Å². The largest absolute Gasteiger partial charge is 0.465 e. The Balaban J connectivity index is 5.02. The van der Waals surface area contributed by atoms with Crippen molar-refractivity contribution in [3.63, 3.8) is 0 Å². The monoisotopic (exact) mass is 234 g/mol. The van der Waals surface area contributed by atoms with Crippen LogP contribution in [0.3, 0.4) is 0 Å². The van der Waals surface area contributed by atoms with Gasteiger partial charge in [-0.1, -0.05) is 6.08 Å². The molecule has 0 fully saturated rings. The van der Waals surface area contributed by atoms with Crippen LogP contribution in [-0.4, -0.2) is 32.0 Å². The zero-order valence-electron chi connectivity index (χ0n) is 9.45. The van der Waals surface area contributed by atoms with Crippen LogP contribution in [0.5, 0.6) is 0 Å². The van der Waals surface area contributed by atoms with Gasteiger partial charge >= 0.3 is 5.97 Å². The van der Waals surface area contributed by atoms with E-state index in [2.05, 4.69) is 6.58 Å². The van der Waals surface area contributed by atoms with Crippen LogP contribution in [0, 0.1) is 0 Å². The molecule has 0 aliphatic carbocycles. The van der Waals surface area contributed by atoms with Gasteiger partial charge in [0, 0.05) is 6.26 Å². The molecule has 0 aromatic rings. The molecule has 0 radical (unpaired) electrons. The van der Waals surface area contributed by atoms with Gasteiger partial charge in [0.05, 0.1) is 6.61 Å². The fourth-order valence-corrected chi connectivity index (χ4v) is 1.95. The first-order chi connectivity index (χ1) is 6.79. The van der Waals surface area contributed by atoms with Crippen LogP contribution in [0.4, 0.5) is 0 Å². The van der Waals surface area contributed by atoms with Gasteiger partial charge in [-0.3, -0.25) is 4.79 Å². The number of ether oxygens (including phenoxy) is 1. The number of rotatable bonds is 6. The molecule has 0 unspecified atom stereocenters. The molecule has 0 saturated carbocycles. The lowest BCUT2D eigenvalue weighted by Crippen LogP contribution is -2.44. The van der Waals surface area contributed by atoms with E-state index in [4.69, 9.17) is 4.74 Å². The van der Waals surface area contributed by atoms with E-state index in [0.29, 0.717) is 6.42 Å². The summed E-state index contributed by atoms with van der Waals surface area (Å²) < 4.78 is 26.4. The summed E-state index contributed by atoms with van der Waals surface area (Å²) in [4.78, 5) is 11.6. The fourth-order valence-electron chi connectivity index (χ4n) is 1.10. The third kappa shape index (κ3) is 3.34. The zero-order chi connectivity index (χ0) is 12.1. The molecule has 0 N–H and O–H groups in total. The molecule has 1 atom stereocenters. The lowest BCUT2D eigenvalue weighted by Gasteiger charge is -2.24. The molecule has 4 nitrogen and oxygen atoms in total. The molecule has 0 aromatic carbocycles. The standard InChI is InChI=1S/C10H18O4S/c1-5-7-8-10(3,15(4,12)13)9(11)14-6-2/h5H,1,6-8H2,2-4H3/t10-/m0/s1. The molecule has 0 saturated heterocycles. The van der Waals surface area contributed by atoms with Crippen molar-refractivity contribution in [1.82, 2.24) is 0 Å². The SMILES string of the molecule is C=CCC[C@@](C)(C(=O)OCC)S(C)(=O)=O. The van der Waals surface area contributed by atoms with Gasteiger partial charge in [-0.2, -0.15) is 0 Å². The van der Waals surface area contributed by atoms with Gasteiger partial charge in [0.25, 0.3) is 0 Å². The summed E-state index contributed by atoms with van der Waals surface area (Å²) in [5, 5.41) is 0. The summed E-state index contributed by atoms with van der Waals surface area (Å²) in [5.74, 6) is -0.686. The third-order valence-corrected chi connectivity index (χ3v) is 4.36. The Morgan fingerprint density at radius 3 is 2.40 bits per heavy atom. The molecule has 0 aromatic heterocycles. The summed E-state index contributed by atoms with van der Waals surface area (Å²) in [7, 11) is -3.48. The van der Waals surface area contributed by atoms with Gasteiger partial charge in [-0.05, 0) is 26.7 Å². The van der Waals surface area contributed by atoms with Crippen molar-refractivity contribution in [2.75, 3.05) is 12.9 Å². The van der Waals surface area contributed by atoms with Gasteiger partial charge in [-0.15, -0.1) is 6.58 Å². The number of sulfone groups is 1. The van der Waals surface area contributed by atoms with Gasteiger partial charge in [0.2, 0.25) is 0 Å². The smallest absolute Gasteiger partial charge is 0.327 e. The van der Waals surface area contributed by atoms with Crippen LogP contribution in [0.2, 0.25) is 0 Å². The third-order valence-electron chi connectivity index (χ3n) is 2.35. The summed E-state index contributed by atoms with van der Waals surface area (Å²) in [6.45, 7) is 6.72. The number of carbonyl (C=O) groups excluding carboxylic acids is 1. The number of carbonyl (C=O) groups is 1. The molecule has 0 aliphatic rings. The van der Waals surface area contributed by atoms with Crippen LogP contribution in [-0.2, 0) is 19.4 Å². The molecule has 0 aliphatic heterocycles. The molecule has 0 rings (SSSR count). The Bertz CT molecular complexity index is 331. The van der Waals surface area contributed by atoms with Gasteiger partial charge < -0.3 is 4.74 Å². The van der Waals surface area contributed by atoms with Crippen molar-refractivity contribution in [3.05, 3.63) is 12.7 Å². The van der Waals surface area contributed by atoms with Gasteiger partial charge in [0.1, 0.15) is 0 Å². The van der Waals surface area contributed by atoms with Gasteiger partial charge in [0.15, 0.2) is 14.6 Å². The molecule has 0 spiro atoms. The van der Waals surface area contributed by atoms with Crippen molar-refractivity contribution < 1.29 is 17.9 Å². The molecule has 0 heterocycles. The maximum atomic E-state index is 11.6. The molecular formula is C10H18O4S. The first kappa shape index (κ1) is 14.2. The maximum Gasteiger partial charge on any atom is 0.327 e. The number of esters is 1. The Morgan fingerprint density at radius 2 is 2.07 bits per heavy atom. The van der Waals surface area contributed by atoms with Crippen molar-refractivity contribution in [2.45, 2.75) is 31.4 Å². The van der Waals surface area contributed by atoms with E-state index in [9.17, 15) is 13.2 Å². The first-order valence-electron chi connectivity index (χ1n) is 4.77. The Kier molecular flexibility index (Phi) is 5.00. The summed E-state index contributed by atoms with van der Waals surface area (Å²) in [6.07, 6.45) is 3.30. The minimum atomic E-state index is -3.48. The van der Waals surface area contributed by atoms with E-state index < -0.39 is 20.6 Å². The van der Waals surface area contributed by atoms with Crippen molar-refractivity contribution in [3.8, 4) is 0 Å². The second kappa shape index (κ2) is 5.30. The maximum absolute atomic E-state index is 11.6. The Hall–Kier alpha value is -0.840. The minimum absolute atomic E-state index is 0.179. The normalized spacial score (nSPS) is 15.4. The first-order valence-corrected chi connectivity index (χ1v) is 6.66. The van der Waals surface area contributed by atoms with Crippen molar-refractivity contribution in [2.24, 2.45) is 0 Å². The average molecular weight is 234 g/mol. The lowest BCUT2D eigenvalue weighted by molar-refractivity contribution is -0.146. The van der Waals surface area contributed by atoms with E-state index in [1.807, 2.05) is 0 Å². The molecule has 0 amide bonds. The van der Waals surface area contributed by atoms with E-state index in [0.717, 1.165) is 6.26 Å². The summed E-state index contributed by atoms with van der Waals surface area (Å²) in [6, 6.07) is 0. The van der Waals surface area contributed by atoms with Crippen LogP contribution >= 0.6 is 0 Å². The second-order valence-electron chi connectivity index (χ2n) is 3.55. The average Bonchev–Trinajstić information content (AvgIpc) is 2.12. The zero-order valence-corrected chi connectivity index (χ0v) is 10.3. The summed E-state index contributed by atoms with van der Waals surface area (Å²) in [5.41, 5.74) is 0. The quantitative estimate of drug-likeness (QED) is 0.513. The fraction of sp³-hybridized carbons (Fsp3) is 0.700. The molecule has 88 valence electrons. The molecule has 5 heteroatoms. The Labute approximate surface area is 91.2 Å².